The Labute approximate surface area is 89.0 Å². The molecule has 3 heteroatoms. The SMILES string of the molecule is [Pd].[S-]CCCCN1CCCC1. The summed E-state index contributed by atoms with van der Waals surface area (Å²) in [6.07, 6.45) is 5.36. The molecule has 0 aromatic heterocycles. The largest absolute Gasteiger partial charge is 0.793 e. The van der Waals surface area contributed by atoms with Gasteiger partial charge in [-0.05, 0) is 38.9 Å². The van der Waals surface area contributed by atoms with Crippen LogP contribution in [0, 0.1) is 0 Å². The molecule has 0 aromatic carbocycles. The van der Waals surface area contributed by atoms with Crippen LogP contribution in [0.25, 0.3) is 0 Å². The van der Waals surface area contributed by atoms with E-state index in [1.165, 1.54) is 45.3 Å². The van der Waals surface area contributed by atoms with Crippen LogP contribution in [0.4, 0.5) is 0 Å². The molecule has 0 saturated carbocycles. The number of hydrogen-bond donors (Lipinski definition) is 0. The molecule has 1 aliphatic heterocycles. The van der Waals surface area contributed by atoms with Gasteiger partial charge >= 0.3 is 0 Å². The molecule has 0 spiro atoms. The quantitative estimate of drug-likeness (QED) is 0.429. The number of nitrogens with zero attached hydrogens (tertiary/aromatic N) is 1. The minimum Gasteiger partial charge on any atom is -0.793 e. The Hall–Kier alpha value is 0.972. The molecule has 1 aliphatic rings. The molecule has 1 heterocycles. The maximum atomic E-state index is 4.87. The van der Waals surface area contributed by atoms with E-state index in [-0.39, 0.29) is 20.4 Å². The van der Waals surface area contributed by atoms with E-state index < -0.39 is 0 Å². The van der Waals surface area contributed by atoms with E-state index in [0.717, 1.165) is 5.75 Å². The van der Waals surface area contributed by atoms with Crippen molar-refractivity contribution in [3.05, 3.63) is 0 Å². The van der Waals surface area contributed by atoms with Gasteiger partial charge in [0, 0.05) is 20.4 Å². The van der Waals surface area contributed by atoms with Crippen LogP contribution in [0.1, 0.15) is 25.7 Å². The Morgan fingerprint density at radius 1 is 1.09 bits per heavy atom. The van der Waals surface area contributed by atoms with Gasteiger partial charge in [-0.1, -0.05) is 6.42 Å². The van der Waals surface area contributed by atoms with E-state index >= 15 is 0 Å². The van der Waals surface area contributed by atoms with Crippen LogP contribution < -0.4 is 0 Å². The molecule has 0 N–H and O–H groups in total. The second kappa shape index (κ2) is 7.61. The van der Waals surface area contributed by atoms with Crippen molar-refractivity contribution < 1.29 is 20.4 Å². The average Bonchev–Trinajstić information content (AvgIpc) is 2.41. The maximum absolute atomic E-state index is 4.87. The van der Waals surface area contributed by atoms with E-state index in [4.69, 9.17) is 12.6 Å². The topological polar surface area (TPSA) is 3.24 Å². The van der Waals surface area contributed by atoms with Crippen LogP contribution >= 0.6 is 0 Å². The summed E-state index contributed by atoms with van der Waals surface area (Å²) < 4.78 is 0. The Morgan fingerprint density at radius 2 is 1.73 bits per heavy atom. The zero-order valence-corrected chi connectivity index (χ0v) is 9.20. The van der Waals surface area contributed by atoms with E-state index in [1.54, 1.807) is 0 Å². The van der Waals surface area contributed by atoms with Gasteiger partial charge in [-0.25, -0.2) is 0 Å². The summed E-state index contributed by atoms with van der Waals surface area (Å²) in [5.41, 5.74) is 0. The van der Waals surface area contributed by atoms with E-state index in [9.17, 15) is 0 Å². The molecule has 0 atom stereocenters. The van der Waals surface area contributed by atoms with Crippen molar-refractivity contribution in [2.24, 2.45) is 0 Å². The third kappa shape index (κ3) is 5.25. The number of rotatable bonds is 4. The molecule has 1 fully saturated rings. The molecule has 1 nitrogen and oxygen atoms in total. The molecule has 70 valence electrons. The van der Waals surface area contributed by atoms with Gasteiger partial charge in [-0.15, -0.1) is 0 Å². The van der Waals surface area contributed by atoms with E-state index in [2.05, 4.69) is 4.90 Å². The van der Waals surface area contributed by atoms with Crippen LogP contribution in [0.3, 0.4) is 0 Å². The first-order valence-electron chi connectivity index (χ1n) is 4.24. The first-order chi connectivity index (χ1) is 4.93. The molecule has 1 rings (SSSR count). The summed E-state index contributed by atoms with van der Waals surface area (Å²) in [6, 6.07) is 0. The van der Waals surface area contributed by atoms with Gasteiger partial charge < -0.3 is 17.5 Å². The monoisotopic (exact) mass is 264 g/mol. The van der Waals surface area contributed by atoms with Gasteiger partial charge in [-0.3, -0.25) is 0 Å². The molecule has 0 amide bonds. The van der Waals surface area contributed by atoms with Crippen molar-refractivity contribution in [1.82, 2.24) is 4.90 Å². The van der Waals surface area contributed by atoms with Crippen molar-refractivity contribution in [3.63, 3.8) is 0 Å². The van der Waals surface area contributed by atoms with E-state index in [0.29, 0.717) is 0 Å². The summed E-state index contributed by atoms with van der Waals surface area (Å²) in [6.45, 7) is 3.95. The number of hydrogen-bond acceptors (Lipinski definition) is 2. The van der Waals surface area contributed by atoms with Crippen LogP contribution in [-0.4, -0.2) is 30.3 Å². The predicted octanol–water partition coefficient (Wildman–Crippen LogP) is 1.41. The molecule has 0 unspecified atom stereocenters. The summed E-state index contributed by atoms with van der Waals surface area (Å²) in [4.78, 5) is 2.55. The fourth-order valence-corrected chi connectivity index (χ4v) is 1.65. The van der Waals surface area contributed by atoms with E-state index in [1.807, 2.05) is 0 Å². The second-order valence-corrected chi connectivity index (χ2v) is 3.37. The average molecular weight is 265 g/mol. The molecular formula is C8H16NPdS-. The number of unbranched alkanes of at least 4 members (excludes halogenated alkanes) is 1. The van der Waals surface area contributed by atoms with Crippen molar-refractivity contribution >= 4 is 12.6 Å². The van der Waals surface area contributed by atoms with Crippen molar-refractivity contribution in [2.75, 3.05) is 25.4 Å². The van der Waals surface area contributed by atoms with Crippen molar-refractivity contribution in [2.45, 2.75) is 25.7 Å². The Morgan fingerprint density at radius 3 is 2.27 bits per heavy atom. The summed E-state index contributed by atoms with van der Waals surface area (Å²) in [5.74, 6) is 0.938. The van der Waals surface area contributed by atoms with Gasteiger partial charge in [0.25, 0.3) is 0 Å². The molecule has 0 aliphatic carbocycles. The van der Waals surface area contributed by atoms with Gasteiger partial charge in [-0.2, -0.15) is 5.75 Å². The normalized spacial score (nSPS) is 18.3. The molecule has 1 saturated heterocycles. The van der Waals surface area contributed by atoms with Crippen molar-refractivity contribution in [3.8, 4) is 0 Å². The van der Waals surface area contributed by atoms with Gasteiger partial charge in [0.1, 0.15) is 0 Å². The smallest absolute Gasteiger partial charge is 0 e. The maximum Gasteiger partial charge on any atom is 0 e. The van der Waals surface area contributed by atoms with Crippen LogP contribution in [0.15, 0.2) is 0 Å². The van der Waals surface area contributed by atoms with Crippen molar-refractivity contribution in [1.29, 1.82) is 0 Å². The molecule has 0 radical (unpaired) electrons. The van der Waals surface area contributed by atoms with Crippen LogP contribution in [0.2, 0.25) is 0 Å². The predicted molar refractivity (Wildman–Crippen MR) is 47.1 cm³/mol. The fraction of sp³-hybridized carbons (Fsp3) is 1.00. The zero-order valence-electron chi connectivity index (χ0n) is 6.83. The summed E-state index contributed by atoms with van der Waals surface area (Å²) in [5, 5.41) is 0. The van der Waals surface area contributed by atoms with Crippen LogP contribution in [0.5, 0.6) is 0 Å². The van der Waals surface area contributed by atoms with Gasteiger partial charge in [0.2, 0.25) is 0 Å². The Bertz CT molecular complexity index is 84.2. The second-order valence-electron chi connectivity index (χ2n) is 2.96. The third-order valence-electron chi connectivity index (χ3n) is 2.07. The Kier molecular flexibility index (Phi) is 8.29. The summed E-state index contributed by atoms with van der Waals surface area (Å²) >= 11 is 4.87. The molecule has 11 heavy (non-hydrogen) atoms. The zero-order chi connectivity index (χ0) is 7.23. The first-order valence-corrected chi connectivity index (χ1v) is 4.81. The minimum absolute atomic E-state index is 0. The molecule has 0 bridgehead atoms. The molecule has 0 aromatic rings. The number of likely N-dealkylation sites (tertiary alicyclic amines) is 1. The minimum atomic E-state index is 0. The molecular weight excluding hydrogens is 249 g/mol. The first kappa shape index (κ1) is 12.0. The summed E-state index contributed by atoms with van der Waals surface area (Å²) in [7, 11) is 0. The van der Waals surface area contributed by atoms with Gasteiger partial charge in [0.05, 0.1) is 0 Å². The fourth-order valence-electron chi connectivity index (χ4n) is 1.44. The third-order valence-corrected chi connectivity index (χ3v) is 2.36. The van der Waals surface area contributed by atoms with Crippen LogP contribution in [-0.2, 0) is 33.1 Å². The standard InChI is InChI=1S/C8H17NS.Pd/c10-8-4-3-7-9-5-1-2-6-9;/h10H,1-8H2;/p-1. The Balaban J connectivity index is 0.000001000. The van der Waals surface area contributed by atoms with Gasteiger partial charge in [0.15, 0.2) is 0 Å².